The minimum Gasteiger partial charge on any atom is -0.486 e. The van der Waals surface area contributed by atoms with Gasteiger partial charge in [0.2, 0.25) is 5.88 Å². The number of para-hydroxylation sites is 1. The molecule has 0 aliphatic rings. The SMILES string of the molecule is COC(=S)c1cn(-c2ccccc2)nc1OC. The number of nitrogens with zero attached hydrogens (tertiary/aromatic N) is 2. The zero-order chi connectivity index (χ0) is 12.3. The van der Waals surface area contributed by atoms with Crippen LogP contribution < -0.4 is 4.74 Å². The minimum absolute atomic E-state index is 0.365. The molecule has 1 heterocycles. The zero-order valence-corrected chi connectivity index (χ0v) is 10.4. The molecule has 88 valence electrons. The van der Waals surface area contributed by atoms with Crippen LogP contribution in [0.25, 0.3) is 5.69 Å². The van der Waals surface area contributed by atoms with Gasteiger partial charge in [-0.3, -0.25) is 0 Å². The average molecular weight is 248 g/mol. The predicted molar refractivity (Wildman–Crippen MR) is 68.8 cm³/mol. The van der Waals surface area contributed by atoms with Gasteiger partial charge in [-0.15, -0.1) is 5.10 Å². The summed E-state index contributed by atoms with van der Waals surface area (Å²) < 4.78 is 11.9. The van der Waals surface area contributed by atoms with Gasteiger partial charge in [0.15, 0.2) is 5.05 Å². The predicted octanol–water partition coefficient (Wildman–Crippen LogP) is 2.20. The van der Waals surface area contributed by atoms with Crippen LogP contribution in [-0.4, -0.2) is 29.1 Å². The van der Waals surface area contributed by atoms with Gasteiger partial charge in [0.1, 0.15) is 5.56 Å². The molecular formula is C12H12N2O2S. The van der Waals surface area contributed by atoms with E-state index in [2.05, 4.69) is 5.10 Å². The highest BCUT2D eigenvalue weighted by Gasteiger charge is 2.14. The molecule has 4 nitrogen and oxygen atoms in total. The normalized spacial score (nSPS) is 10.0. The molecule has 0 spiro atoms. The van der Waals surface area contributed by atoms with E-state index >= 15 is 0 Å². The van der Waals surface area contributed by atoms with Crippen LogP contribution in [0.15, 0.2) is 36.5 Å². The highest BCUT2D eigenvalue weighted by atomic mass is 32.1. The summed E-state index contributed by atoms with van der Waals surface area (Å²) in [5, 5.41) is 4.66. The summed E-state index contributed by atoms with van der Waals surface area (Å²) in [7, 11) is 3.08. The van der Waals surface area contributed by atoms with Crippen molar-refractivity contribution in [2.45, 2.75) is 0 Å². The Morgan fingerprint density at radius 2 is 1.94 bits per heavy atom. The standard InChI is InChI=1S/C12H12N2O2S/c1-15-11-10(12(17)16-2)8-14(13-11)9-6-4-3-5-7-9/h3-8H,1-2H3. The zero-order valence-electron chi connectivity index (χ0n) is 9.58. The largest absolute Gasteiger partial charge is 0.486 e. The van der Waals surface area contributed by atoms with E-state index < -0.39 is 0 Å². The Morgan fingerprint density at radius 1 is 1.24 bits per heavy atom. The molecule has 0 bridgehead atoms. The van der Waals surface area contributed by atoms with E-state index in [1.807, 2.05) is 30.3 Å². The van der Waals surface area contributed by atoms with E-state index in [0.29, 0.717) is 16.5 Å². The lowest BCUT2D eigenvalue weighted by atomic mass is 10.3. The molecule has 0 saturated carbocycles. The Morgan fingerprint density at radius 3 is 2.53 bits per heavy atom. The first kappa shape index (κ1) is 11.6. The minimum atomic E-state index is 0.365. The fraction of sp³-hybridized carbons (Fsp3) is 0.167. The van der Waals surface area contributed by atoms with E-state index in [4.69, 9.17) is 21.7 Å². The van der Waals surface area contributed by atoms with Crippen molar-refractivity contribution in [1.82, 2.24) is 9.78 Å². The topological polar surface area (TPSA) is 36.3 Å². The van der Waals surface area contributed by atoms with Crippen molar-refractivity contribution in [3.63, 3.8) is 0 Å². The Labute approximate surface area is 105 Å². The molecule has 2 rings (SSSR count). The molecule has 17 heavy (non-hydrogen) atoms. The number of hydrogen-bond donors (Lipinski definition) is 0. The van der Waals surface area contributed by atoms with Gasteiger partial charge in [0, 0.05) is 6.20 Å². The molecular weight excluding hydrogens is 236 g/mol. The van der Waals surface area contributed by atoms with Gasteiger partial charge in [-0.05, 0) is 24.4 Å². The summed E-state index contributed by atoms with van der Waals surface area (Å²) in [4.78, 5) is 0. The molecule has 0 atom stereocenters. The van der Waals surface area contributed by atoms with E-state index in [0.717, 1.165) is 5.69 Å². The van der Waals surface area contributed by atoms with Gasteiger partial charge >= 0.3 is 0 Å². The van der Waals surface area contributed by atoms with E-state index in [9.17, 15) is 0 Å². The fourth-order valence-corrected chi connectivity index (χ4v) is 1.61. The monoisotopic (exact) mass is 248 g/mol. The van der Waals surface area contributed by atoms with E-state index in [1.165, 1.54) is 7.11 Å². The van der Waals surface area contributed by atoms with Crippen LogP contribution in [0.2, 0.25) is 0 Å². The Bertz CT molecular complexity index is 523. The third-order valence-electron chi connectivity index (χ3n) is 2.30. The Hall–Kier alpha value is -1.88. The molecule has 0 fully saturated rings. The maximum atomic E-state index is 5.17. The van der Waals surface area contributed by atoms with Gasteiger partial charge in [0.25, 0.3) is 0 Å². The number of benzene rings is 1. The Balaban J connectivity index is 2.45. The molecule has 0 aliphatic carbocycles. The number of rotatable bonds is 3. The maximum absolute atomic E-state index is 5.17. The lowest BCUT2D eigenvalue weighted by Gasteiger charge is -1.99. The lowest BCUT2D eigenvalue weighted by molar-refractivity contribution is 0.385. The van der Waals surface area contributed by atoms with Crippen molar-refractivity contribution in [3.8, 4) is 11.6 Å². The number of hydrogen-bond acceptors (Lipinski definition) is 4. The second-order valence-corrected chi connectivity index (χ2v) is 3.69. The smallest absolute Gasteiger partial charge is 0.245 e. The lowest BCUT2D eigenvalue weighted by Crippen LogP contribution is -2.00. The first-order valence-corrected chi connectivity index (χ1v) is 5.44. The first-order chi connectivity index (χ1) is 8.26. The molecule has 0 N–H and O–H groups in total. The molecule has 5 heteroatoms. The van der Waals surface area contributed by atoms with Crippen molar-refractivity contribution < 1.29 is 9.47 Å². The second-order valence-electron chi connectivity index (χ2n) is 3.32. The molecule has 0 radical (unpaired) electrons. The van der Waals surface area contributed by atoms with E-state index in [1.54, 1.807) is 18.0 Å². The van der Waals surface area contributed by atoms with Crippen LogP contribution in [0, 0.1) is 0 Å². The molecule has 0 saturated heterocycles. The van der Waals surface area contributed by atoms with Crippen molar-refractivity contribution >= 4 is 17.3 Å². The van der Waals surface area contributed by atoms with Gasteiger partial charge in [-0.1, -0.05) is 18.2 Å². The number of ether oxygens (including phenoxy) is 2. The van der Waals surface area contributed by atoms with Crippen molar-refractivity contribution in [3.05, 3.63) is 42.1 Å². The summed E-state index contributed by atoms with van der Waals surface area (Å²) in [5.74, 6) is 0.459. The van der Waals surface area contributed by atoms with Gasteiger partial charge < -0.3 is 9.47 Å². The number of methoxy groups -OCH3 is 2. The maximum Gasteiger partial charge on any atom is 0.245 e. The quantitative estimate of drug-likeness (QED) is 0.780. The molecule has 1 aromatic heterocycles. The molecule has 2 aromatic rings. The summed E-state index contributed by atoms with van der Waals surface area (Å²) in [6.07, 6.45) is 1.79. The number of thiocarbonyl (C=S) groups is 1. The summed E-state index contributed by atoms with van der Waals surface area (Å²) >= 11 is 5.08. The molecule has 0 aliphatic heterocycles. The summed E-state index contributed by atoms with van der Waals surface area (Å²) in [6.45, 7) is 0. The average Bonchev–Trinajstić information content (AvgIpc) is 2.83. The van der Waals surface area contributed by atoms with Crippen LogP contribution >= 0.6 is 12.2 Å². The summed E-state index contributed by atoms with van der Waals surface area (Å²) in [6, 6.07) is 9.73. The van der Waals surface area contributed by atoms with Crippen molar-refractivity contribution in [2.24, 2.45) is 0 Å². The summed E-state index contributed by atoms with van der Waals surface area (Å²) in [5.41, 5.74) is 1.62. The number of aromatic nitrogens is 2. The fourth-order valence-electron chi connectivity index (χ4n) is 1.47. The molecule has 0 unspecified atom stereocenters. The Kier molecular flexibility index (Phi) is 3.39. The van der Waals surface area contributed by atoms with Crippen LogP contribution in [0.3, 0.4) is 0 Å². The second kappa shape index (κ2) is 4.97. The van der Waals surface area contributed by atoms with Gasteiger partial charge in [0.05, 0.1) is 19.9 Å². The van der Waals surface area contributed by atoms with E-state index in [-0.39, 0.29) is 0 Å². The van der Waals surface area contributed by atoms with Crippen LogP contribution in [0.1, 0.15) is 5.56 Å². The third kappa shape index (κ3) is 2.29. The van der Waals surface area contributed by atoms with Crippen LogP contribution in [-0.2, 0) is 4.74 Å². The highest BCUT2D eigenvalue weighted by Crippen LogP contribution is 2.19. The van der Waals surface area contributed by atoms with Crippen LogP contribution in [0.4, 0.5) is 0 Å². The first-order valence-electron chi connectivity index (χ1n) is 5.03. The highest BCUT2D eigenvalue weighted by molar-refractivity contribution is 7.80. The van der Waals surface area contributed by atoms with Crippen LogP contribution in [0.5, 0.6) is 5.88 Å². The molecule has 1 aromatic carbocycles. The third-order valence-corrected chi connectivity index (χ3v) is 2.69. The van der Waals surface area contributed by atoms with Crippen molar-refractivity contribution in [1.29, 1.82) is 0 Å². The molecule has 0 amide bonds. The van der Waals surface area contributed by atoms with Crippen molar-refractivity contribution in [2.75, 3.05) is 14.2 Å². The van der Waals surface area contributed by atoms with Gasteiger partial charge in [-0.2, -0.15) is 0 Å². The van der Waals surface area contributed by atoms with Gasteiger partial charge in [-0.25, -0.2) is 4.68 Å².